The van der Waals surface area contributed by atoms with Gasteiger partial charge in [0.1, 0.15) is 11.0 Å². The van der Waals surface area contributed by atoms with E-state index in [1.54, 1.807) is 24.8 Å². The molecule has 17 heterocycles. The highest BCUT2D eigenvalue weighted by Gasteiger charge is 2.19. The van der Waals surface area contributed by atoms with Gasteiger partial charge in [-0.25, -0.2) is 62.1 Å². The van der Waals surface area contributed by atoms with Gasteiger partial charge in [-0.15, -0.1) is 5.10 Å². The van der Waals surface area contributed by atoms with Crippen LogP contribution < -0.4 is 15.0 Å². The second-order valence-corrected chi connectivity index (χ2v) is 30.2. The Kier molecular flexibility index (Phi) is 21.2. The molecule has 28 heteroatoms. The van der Waals surface area contributed by atoms with E-state index in [4.69, 9.17) is 35.0 Å². The van der Waals surface area contributed by atoms with E-state index in [0.29, 0.717) is 30.4 Å². The standard InChI is InChI=1S/C22H16N4.C21H15N5O.C20H15N3O2.C19H14N6.C18H13N7/c1-2-4-17(5-3-1)21-8-9-22-24-15-20(26(22)25-21)13-16-6-7-19-14-23-11-10-18(19)12-16;27-21-17-11-14(6-7-19(17)23-13-24-21)10-16-12-22-20-9-8-18(25-26(16)20)15-4-2-1-3-5-15;1-2-4-15(5-3-1)17-7-9-20-21-12-16(23(20)22-17)10-14-6-8-18-19(11-14)25-13-24-18;1-2-4-14(5-3-1)16-6-7-19-21-10-15(25(19)23-16)12-24-13-22-17-11-20-9-8-18(17)24;1-2-4-13(5-3-1)15-6-7-18-20-10-14(25(18)22-15)12-24-17-8-9-19-11-16(17)21-23-24/h1-12,14-15H,13H2;1-9,11-13H,10H2,(H,23,24,27);1-9,11-12H,10,13H2;1-11,13H,12H2;1-11H,12H2. The maximum atomic E-state index is 12.0. The van der Waals surface area contributed by atoms with Crippen molar-refractivity contribution in [2.24, 2.45) is 0 Å². The topological polar surface area (TPSA) is 302 Å². The van der Waals surface area contributed by atoms with Crippen molar-refractivity contribution in [1.29, 1.82) is 0 Å². The molecule has 0 aliphatic carbocycles. The number of imidazole rings is 6. The minimum absolute atomic E-state index is 0.135. The van der Waals surface area contributed by atoms with Crippen molar-refractivity contribution in [1.82, 2.24) is 122 Å². The van der Waals surface area contributed by atoms with Crippen LogP contribution in [0, 0.1) is 0 Å². The molecule has 28 nitrogen and oxygen atoms in total. The largest absolute Gasteiger partial charge is 0.454 e. The van der Waals surface area contributed by atoms with E-state index in [1.807, 2.05) is 307 Å². The molecule has 8 aromatic carbocycles. The first-order valence-electron chi connectivity index (χ1n) is 41.3. The minimum atomic E-state index is -0.135. The third-order valence-corrected chi connectivity index (χ3v) is 21.9. The second kappa shape index (κ2) is 35.0. The lowest BCUT2D eigenvalue weighted by Gasteiger charge is -2.06. The maximum Gasteiger partial charge on any atom is 0.258 e. The lowest BCUT2D eigenvalue weighted by Crippen LogP contribution is -2.07. The van der Waals surface area contributed by atoms with Crippen molar-refractivity contribution in [2.75, 3.05) is 6.79 Å². The van der Waals surface area contributed by atoms with Gasteiger partial charge in [0.15, 0.2) is 39.7 Å². The number of nitrogens with one attached hydrogen (secondary N) is 1. The van der Waals surface area contributed by atoms with Crippen molar-refractivity contribution >= 4 is 72.0 Å². The molecule has 16 aromatic heterocycles. The predicted molar refractivity (Wildman–Crippen MR) is 488 cm³/mol. The summed E-state index contributed by atoms with van der Waals surface area (Å²) in [7, 11) is 0. The van der Waals surface area contributed by atoms with E-state index in [-0.39, 0.29) is 12.4 Å². The van der Waals surface area contributed by atoms with Crippen LogP contribution in [0.3, 0.4) is 0 Å². The SMILES string of the molecule is O=c1[nH]cnc2ccc(Cc3cnc4ccc(-c5ccccc5)nn34)cc12.c1ccc(-c2ccc3ncc(Cc4ccc5c(c4)OCO5)n3n2)cc1.c1ccc(-c2ccc3ncc(Cc4ccc5cnccc5c4)n3n2)cc1.c1ccc(-c2ccc3ncc(Cn4cnc5cnccc54)n3n2)cc1.c1ccc(-c2ccc3ncc(Cn4nnc5cnccc54)n3n2)cc1. The highest BCUT2D eigenvalue weighted by Crippen LogP contribution is 2.34. The number of pyridine rings is 3. The Morgan fingerprint density at radius 3 is 1.24 bits per heavy atom. The number of hydrogen-bond donors (Lipinski definition) is 1. The summed E-state index contributed by atoms with van der Waals surface area (Å²) >= 11 is 0. The average Bonchev–Trinajstić information content (AvgIpc) is 1.64. The molecule has 0 radical (unpaired) electrons. The van der Waals surface area contributed by atoms with Crippen LogP contribution in [-0.4, -0.2) is 129 Å². The van der Waals surface area contributed by atoms with Crippen molar-refractivity contribution in [2.45, 2.75) is 32.4 Å². The van der Waals surface area contributed by atoms with Crippen LogP contribution in [-0.2, 0) is 32.4 Å². The van der Waals surface area contributed by atoms with Gasteiger partial charge in [-0.2, -0.15) is 25.5 Å². The van der Waals surface area contributed by atoms with Gasteiger partial charge in [0.2, 0.25) is 6.79 Å². The Bertz CT molecular complexity index is 7970. The maximum absolute atomic E-state index is 12.0. The second-order valence-electron chi connectivity index (χ2n) is 30.2. The Morgan fingerprint density at radius 2 is 0.734 bits per heavy atom. The predicted octanol–water partition coefficient (Wildman–Crippen LogP) is 17.2. The Hall–Kier alpha value is -17.8. The summed E-state index contributed by atoms with van der Waals surface area (Å²) in [6.45, 7) is 1.47. The van der Waals surface area contributed by atoms with Crippen LogP contribution in [0.15, 0.2) is 371 Å². The summed E-state index contributed by atoms with van der Waals surface area (Å²) in [5.74, 6) is 1.59. The molecule has 0 atom stereocenters. The fourth-order valence-electron chi connectivity index (χ4n) is 15.5. The van der Waals surface area contributed by atoms with Crippen molar-refractivity contribution in [3.8, 4) is 67.8 Å². The zero-order valence-electron chi connectivity index (χ0n) is 68.3. The minimum Gasteiger partial charge on any atom is -0.454 e. The van der Waals surface area contributed by atoms with Crippen LogP contribution in [0.1, 0.15) is 45.2 Å². The molecule has 0 bridgehead atoms. The first-order valence-corrected chi connectivity index (χ1v) is 41.3. The van der Waals surface area contributed by atoms with E-state index in [1.165, 1.54) is 17.3 Å². The average molecular weight is 1670 g/mol. The monoisotopic (exact) mass is 1670 g/mol. The third-order valence-electron chi connectivity index (χ3n) is 21.9. The van der Waals surface area contributed by atoms with Gasteiger partial charge in [-0.3, -0.25) is 19.7 Å². The summed E-state index contributed by atoms with van der Waals surface area (Å²) in [5.41, 5.74) is 26.7. The van der Waals surface area contributed by atoms with Gasteiger partial charge in [0, 0.05) is 77.3 Å². The van der Waals surface area contributed by atoms with Gasteiger partial charge in [-0.1, -0.05) is 187 Å². The molecule has 0 saturated carbocycles. The molecule has 128 heavy (non-hydrogen) atoms. The van der Waals surface area contributed by atoms with Crippen LogP contribution >= 0.6 is 0 Å². The number of benzene rings is 8. The van der Waals surface area contributed by atoms with Crippen LogP contribution in [0.2, 0.25) is 0 Å². The lowest BCUT2D eigenvalue weighted by atomic mass is 10.1. The molecule has 0 unspecified atom stereocenters. The summed E-state index contributed by atoms with van der Waals surface area (Å²) in [4.78, 5) is 57.9. The Labute approximate surface area is 728 Å². The fraction of sp³-hybridized carbons (Fsp3) is 0.0600. The highest BCUT2D eigenvalue weighted by molar-refractivity contribution is 5.82. The van der Waals surface area contributed by atoms with Crippen molar-refractivity contribution < 1.29 is 9.47 Å². The number of ether oxygens (including phenoxy) is 2. The quantitative estimate of drug-likeness (QED) is 0.0997. The number of H-pyrrole nitrogens is 1. The van der Waals surface area contributed by atoms with E-state index in [0.717, 1.165) is 176 Å². The van der Waals surface area contributed by atoms with Gasteiger partial charge in [-0.05, 0) is 125 Å². The molecule has 0 saturated heterocycles. The lowest BCUT2D eigenvalue weighted by molar-refractivity contribution is 0.174. The molecule has 25 rings (SSSR count). The van der Waals surface area contributed by atoms with Gasteiger partial charge >= 0.3 is 0 Å². The molecule has 0 amide bonds. The molecule has 0 fully saturated rings. The normalized spacial score (nSPS) is 11.6. The Balaban J connectivity index is 0.0000000973. The third kappa shape index (κ3) is 16.5. The van der Waals surface area contributed by atoms with E-state index in [2.05, 4.69) is 124 Å². The van der Waals surface area contributed by atoms with Gasteiger partial charge < -0.3 is 19.0 Å². The molecule has 0 spiro atoms. The number of nitrogens with zero attached hydrogens (tertiary/aromatic N) is 24. The number of rotatable bonds is 15. The summed E-state index contributed by atoms with van der Waals surface area (Å²) in [6.07, 6.45) is 25.4. The van der Waals surface area contributed by atoms with Crippen molar-refractivity contribution in [3.63, 3.8) is 0 Å². The summed E-state index contributed by atoms with van der Waals surface area (Å²) in [6, 6.07) is 94.7. The zero-order valence-corrected chi connectivity index (χ0v) is 68.3. The first kappa shape index (κ1) is 77.5. The van der Waals surface area contributed by atoms with Gasteiger partial charge in [0.25, 0.3) is 5.56 Å². The molecule has 24 aromatic rings. The fourth-order valence-corrected chi connectivity index (χ4v) is 15.5. The van der Waals surface area contributed by atoms with E-state index >= 15 is 0 Å². The first-order chi connectivity index (χ1) is 63.3. The molecule has 1 aliphatic heterocycles. The van der Waals surface area contributed by atoms with Crippen LogP contribution in [0.5, 0.6) is 11.5 Å². The van der Waals surface area contributed by atoms with E-state index in [9.17, 15) is 4.79 Å². The highest BCUT2D eigenvalue weighted by atomic mass is 16.7. The molecule has 1 aliphatic rings. The number of fused-ring (bicyclic) bond motifs is 10. The molecule has 1 N–H and O–H groups in total. The molecular formula is C100H73N25O3. The van der Waals surface area contributed by atoms with Crippen molar-refractivity contribution in [3.05, 3.63) is 421 Å². The van der Waals surface area contributed by atoms with Crippen LogP contribution in [0.25, 0.3) is 128 Å². The number of aromatic nitrogens is 25. The number of hydrogen-bond acceptors (Lipinski definition) is 20. The summed E-state index contributed by atoms with van der Waals surface area (Å²) < 4.78 is 24.2. The molecule has 616 valence electrons. The smallest absolute Gasteiger partial charge is 0.258 e. The van der Waals surface area contributed by atoms with Crippen LogP contribution in [0.4, 0.5) is 0 Å². The zero-order chi connectivity index (χ0) is 85.5. The number of aromatic amines is 1. The molecular weight excluding hydrogens is 1600 g/mol. The Morgan fingerprint density at radius 1 is 0.320 bits per heavy atom. The summed E-state index contributed by atoms with van der Waals surface area (Å²) in [5, 5.41) is 35.2. The van der Waals surface area contributed by atoms with E-state index < -0.39 is 0 Å². The van der Waals surface area contributed by atoms with Gasteiger partial charge in [0.05, 0.1) is 148 Å².